The molecule has 0 aromatic heterocycles. The lowest BCUT2D eigenvalue weighted by molar-refractivity contribution is -0.120. The van der Waals surface area contributed by atoms with Crippen molar-refractivity contribution in [3.63, 3.8) is 0 Å². The molecule has 0 bridgehead atoms. The van der Waals surface area contributed by atoms with Crippen LogP contribution in [-0.2, 0) is 16.0 Å². The molecular formula is C21H25NO2S. The van der Waals surface area contributed by atoms with Gasteiger partial charge in [-0.2, -0.15) is 0 Å². The summed E-state index contributed by atoms with van der Waals surface area (Å²) in [6.45, 7) is 5.45. The average Bonchev–Trinajstić information content (AvgIpc) is 2.61. The number of rotatable bonds is 7. The van der Waals surface area contributed by atoms with Crippen molar-refractivity contribution in [1.82, 2.24) is 0 Å². The Morgan fingerprint density at radius 3 is 2.24 bits per heavy atom. The highest BCUT2D eigenvalue weighted by molar-refractivity contribution is 8.13. The van der Waals surface area contributed by atoms with Gasteiger partial charge in [-0.15, -0.1) is 0 Å². The molecule has 132 valence electrons. The van der Waals surface area contributed by atoms with E-state index in [-0.39, 0.29) is 11.0 Å². The van der Waals surface area contributed by atoms with E-state index in [2.05, 4.69) is 6.92 Å². The van der Waals surface area contributed by atoms with Gasteiger partial charge in [0.25, 0.3) is 0 Å². The summed E-state index contributed by atoms with van der Waals surface area (Å²) in [5.74, 6) is -0.129. The number of unbranched alkanes of at least 4 members (excludes halogenated alkanes) is 1. The Hall–Kier alpha value is -2.07. The van der Waals surface area contributed by atoms with Crippen LogP contribution in [0, 0.1) is 0 Å². The number of nitrogens with zero attached hydrogens (tertiary/aromatic N) is 1. The second-order valence-electron chi connectivity index (χ2n) is 6.07. The minimum absolute atomic E-state index is 0.0449. The van der Waals surface area contributed by atoms with Crippen molar-refractivity contribution in [1.29, 1.82) is 0 Å². The molecule has 1 atom stereocenters. The third-order valence-corrected chi connectivity index (χ3v) is 5.11. The summed E-state index contributed by atoms with van der Waals surface area (Å²) in [6, 6.07) is 16.9. The molecule has 0 aliphatic carbocycles. The third kappa shape index (κ3) is 5.46. The lowest BCUT2D eigenvalue weighted by Gasteiger charge is -2.27. The van der Waals surface area contributed by atoms with Gasteiger partial charge in [-0.3, -0.25) is 9.59 Å². The van der Waals surface area contributed by atoms with Crippen LogP contribution in [0.1, 0.15) is 39.2 Å². The average molecular weight is 356 g/mol. The second-order valence-corrected chi connectivity index (χ2v) is 7.15. The molecule has 0 fully saturated rings. The van der Waals surface area contributed by atoms with Crippen molar-refractivity contribution in [3.05, 3.63) is 60.2 Å². The summed E-state index contributed by atoms with van der Waals surface area (Å²) in [5.41, 5.74) is 2.02. The van der Waals surface area contributed by atoms with E-state index >= 15 is 0 Å². The first kappa shape index (κ1) is 19.3. The Bertz CT molecular complexity index is 698. The number of benzene rings is 2. The van der Waals surface area contributed by atoms with Gasteiger partial charge in [0.1, 0.15) is 6.04 Å². The van der Waals surface area contributed by atoms with E-state index in [1.165, 1.54) is 24.2 Å². The van der Waals surface area contributed by atoms with Gasteiger partial charge in [-0.25, -0.2) is 0 Å². The van der Waals surface area contributed by atoms with E-state index in [0.717, 1.165) is 29.8 Å². The van der Waals surface area contributed by atoms with Crippen molar-refractivity contribution in [2.75, 3.05) is 4.90 Å². The van der Waals surface area contributed by atoms with Crippen LogP contribution in [0.25, 0.3) is 0 Å². The van der Waals surface area contributed by atoms with E-state index < -0.39 is 6.04 Å². The Morgan fingerprint density at radius 2 is 1.68 bits per heavy atom. The number of aryl methyl sites for hydroxylation is 1. The largest absolute Gasteiger partial charge is 0.302 e. The number of amides is 1. The second kappa shape index (κ2) is 9.42. The molecule has 1 unspecified atom stereocenters. The lowest BCUT2D eigenvalue weighted by Crippen LogP contribution is -2.41. The number of anilines is 1. The van der Waals surface area contributed by atoms with Crippen molar-refractivity contribution >= 4 is 28.5 Å². The van der Waals surface area contributed by atoms with Gasteiger partial charge < -0.3 is 4.90 Å². The number of hydrogen-bond acceptors (Lipinski definition) is 3. The van der Waals surface area contributed by atoms with Gasteiger partial charge in [-0.05, 0) is 61.4 Å². The van der Waals surface area contributed by atoms with E-state index in [1.807, 2.05) is 54.6 Å². The monoisotopic (exact) mass is 355 g/mol. The minimum atomic E-state index is -0.524. The molecule has 0 saturated carbocycles. The zero-order valence-electron chi connectivity index (χ0n) is 15.1. The van der Waals surface area contributed by atoms with Crippen LogP contribution in [0.15, 0.2) is 59.5 Å². The van der Waals surface area contributed by atoms with Gasteiger partial charge in [0, 0.05) is 17.5 Å². The van der Waals surface area contributed by atoms with E-state index in [0.29, 0.717) is 0 Å². The number of hydrogen-bond donors (Lipinski definition) is 0. The quantitative estimate of drug-likeness (QED) is 0.649. The van der Waals surface area contributed by atoms with E-state index in [4.69, 9.17) is 0 Å². The first-order valence-electron chi connectivity index (χ1n) is 8.68. The van der Waals surface area contributed by atoms with E-state index in [1.54, 1.807) is 11.8 Å². The summed E-state index contributed by atoms with van der Waals surface area (Å²) >= 11 is 1.17. The third-order valence-electron chi connectivity index (χ3n) is 4.06. The molecule has 1 amide bonds. The molecule has 0 spiro atoms. The molecule has 25 heavy (non-hydrogen) atoms. The number of carbonyl (C=O) groups excluding carboxylic acids is 2. The summed E-state index contributed by atoms with van der Waals surface area (Å²) in [7, 11) is 0. The molecule has 2 aromatic carbocycles. The van der Waals surface area contributed by atoms with Gasteiger partial charge >= 0.3 is 0 Å². The Balaban J connectivity index is 2.13. The normalized spacial score (nSPS) is 11.8. The SMILES string of the molecule is CCCCc1ccc(N(C(C)=O)C(C)C(=O)Sc2ccccc2)cc1. The molecule has 2 aromatic rings. The van der Waals surface area contributed by atoms with Crippen molar-refractivity contribution in [2.24, 2.45) is 0 Å². The fourth-order valence-electron chi connectivity index (χ4n) is 2.68. The standard InChI is InChI=1S/C21H25NO2S/c1-4-5-9-18-12-14-19(15-13-18)22(17(3)23)16(2)21(24)25-20-10-7-6-8-11-20/h6-8,10-16H,4-5,9H2,1-3H3. The zero-order chi connectivity index (χ0) is 18.2. The maximum atomic E-state index is 12.6. The first-order chi connectivity index (χ1) is 12.0. The molecule has 0 N–H and O–H groups in total. The van der Waals surface area contributed by atoms with Crippen molar-refractivity contribution in [3.8, 4) is 0 Å². The molecule has 0 radical (unpaired) electrons. The van der Waals surface area contributed by atoms with E-state index in [9.17, 15) is 9.59 Å². The molecule has 3 nitrogen and oxygen atoms in total. The smallest absolute Gasteiger partial charge is 0.224 e. The van der Waals surface area contributed by atoms with Crippen LogP contribution < -0.4 is 4.90 Å². The number of carbonyl (C=O) groups is 2. The first-order valence-corrected chi connectivity index (χ1v) is 9.50. The lowest BCUT2D eigenvalue weighted by atomic mass is 10.1. The predicted molar refractivity (Wildman–Crippen MR) is 105 cm³/mol. The summed E-state index contributed by atoms with van der Waals surface area (Å²) in [4.78, 5) is 27.2. The molecule has 2 rings (SSSR count). The highest BCUT2D eigenvalue weighted by atomic mass is 32.2. The van der Waals surface area contributed by atoms with Crippen LogP contribution in [0.3, 0.4) is 0 Å². The minimum Gasteiger partial charge on any atom is -0.302 e. The van der Waals surface area contributed by atoms with Gasteiger partial charge in [0.2, 0.25) is 11.0 Å². The maximum absolute atomic E-state index is 12.6. The summed E-state index contributed by atoms with van der Waals surface area (Å²) in [5, 5.41) is -0.0449. The van der Waals surface area contributed by atoms with Crippen LogP contribution in [0.5, 0.6) is 0 Å². The van der Waals surface area contributed by atoms with Crippen LogP contribution in [-0.4, -0.2) is 17.1 Å². The fraction of sp³-hybridized carbons (Fsp3) is 0.333. The molecular weight excluding hydrogens is 330 g/mol. The topological polar surface area (TPSA) is 37.4 Å². The van der Waals surface area contributed by atoms with Gasteiger partial charge in [0.15, 0.2) is 0 Å². The molecule has 0 heterocycles. The van der Waals surface area contributed by atoms with Gasteiger partial charge in [-0.1, -0.05) is 43.7 Å². The highest BCUT2D eigenvalue weighted by Crippen LogP contribution is 2.25. The fourth-order valence-corrected chi connectivity index (χ4v) is 3.48. The predicted octanol–water partition coefficient (Wildman–Crippen LogP) is 5.09. The Kier molecular flexibility index (Phi) is 7.26. The van der Waals surface area contributed by atoms with Crippen LogP contribution in [0.2, 0.25) is 0 Å². The molecule has 0 saturated heterocycles. The van der Waals surface area contributed by atoms with Crippen molar-refractivity contribution in [2.45, 2.75) is 51.0 Å². The van der Waals surface area contributed by atoms with Crippen molar-refractivity contribution < 1.29 is 9.59 Å². The summed E-state index contributed by atoms with van der Waals surface area (Å²) < 4.78 is 0. The number of thioether (sulfide) groups is 1. The van der Waals surface area contributed by atoms with Crippen LogP contribution in [0.4, 0.5) is 5.69 Å². The molecule has 0 aliphatic heterocycles. The molecule has 0 aliphatic rings. The summed E-state index contributed by atoms with van der Waals surface area (Å²) in [6.07, 6.45) is 3.34. The highest BCUT2D eigenvalue weighted by Gasteiger charge is 2.25. The molecule has 4 heteroatoms. The van der Waals surface area contributed by atoms with Crippen LogP contribution >= 0.6 is 11.8 Å². The zero-order valence-corrected chi connectivity index (χ0v) is 15.9. The Morgan fingerprint density at radius 1 is 1.04 bits per heavy atom. The maximum Gasteiger partial charge on any atom is 0.224 e. The Labute approximate surface area is 154 Å². The van der Waals surface area contributed by atoms with Gasteiger partial charge in [0.05, 0.1) is 0 Å².